The molecule has 1 heterocycles. The van der Waals surface area contributed by atoms with Gasteiger partial charge in [0, 0.05) is 12.7 Å². The number of aromatic nitrogens is 2. The normalized spacial score (nSPS) is 10.4. The molecule has 0 aliphatic carbocycles. The number of anilines is 2. The van der Waals surface area contributed by atoms with Crippen LogP contribution >= 0.6 is 11.6 Å². The molecular weight excluding hydrogens is 257 g/mol. The fourth-order valence-electron chi connectivity index (χ4n) is 1.61. The quantitative estimate of drug-likeness (QED) is 0.868. The number of halogens is 2. The summed E-state index contributed by atoms with van der Waals surface area (Å²) >= 11 is 5.88. The Hall–Kier alpha value is -1.72. The molecule has 0 bridgehead atoms. The molecule has 0 aliphatic heterocycles. The topological polar surface area (TPSA) is 49.2 Å². The van der Waals surface area contributed by atoms with Crippen molar-refractivity contribution in [2.75, 3.05) is 11.9 Å². The smallest absolute Gasteiger partial charge is 0.143 e. The number of hydrogen-bond donors (Lipinski definition) is 1. The Balaban J connectivity index is 2.46. The molecule has 6 heteroatoms. The van der Waals surface area contributed by atoms with Gasteiger partial charge in [-0.2, -0.15) is 0 Å². The highest BCUT2D eigenvalue weighted by Gasteiger charge is 2.14. The molecule has 18 heavy (non-hydrogen) atoms. The Morgan fingerprint density at radius 1 is 1.39 bits per heavy atom. The van der Waals surface area contributed by atoms with Gasteiger partial charge in [0.25, 0.3) is 0 Å². The Morgan fingerprint density at radius 2 is 2.17 bits per heavy atom. The van der Waals surface area contributed by atoms with Crippen LogP contribution in [0.4, 0.5) is 15.9 Å². The Bertz CT molecular complexity index is 565. The van der Waals surface area contributed by atoms with Crippen molar-refractivity contribution in [3.8, 4) is 0 Å². The molecule has 1 aromatic heterocycles. The van der Waals surface area contributed by atoms with Gasteiger partial charge in [0.05, 0.1) is 12.2 Å². The largest absolute Gasteiger partial charge is 0.391 e. The van der Waals surface area contributed by atoms with Gasteiger partial charge in [-0.1, -0.05) is 17.7 Å². The zero-order valence-corrected chi connectivity index (χ0v) is 10.4. The first-order valence-corrected chi connectivity index (χ1v) is 5.61. The molecule has 1 aromatic carbocycles. The van der Waals surface area contributed by atoms with E-state index >= 15 is 0 Å². The molecule has 2 rings (SSSR count). The lowest BCUT2D eigenvalue weighted by Gasteiger charge is -2.20. The van der Waals surface area contributed by atoms with E-state index in [1.807, 2.05) is 0 Å². The van der Waals surface area contributed by atoms with Crippen LogP contribution in [0.5, 0.6) is 0 Å². The van der Waals surface area contributed by atoms with Gasteiger partial charge in [-0.05, 0) is 18.2 Å². The number of aliphatic hydroxyl groups excluding tert-OH is 1. The van der Waals surface area contributed by atoms with Gasteiger partial charge in [-0.25, -0.2) is 14.4 Å². The molecule has 1 N–H and O–H groups in total. The van der Waals surface area contributed by atoms with Crippen molar-refractivity contribution in [3.63, 3.8) is 0 Å². The fourth-order valence-corrected chi connectivity index (χ4v) is 1.80. The van der Waals surface area contributed by atoms with Crippen LogP contribution in [0.25, 0.3) is 0 Å². The molecule has 0 spiro atoms. The van der Waals surface area contributed by atoms with Crippen LogP contribution < -0.4 is 4.90 Å². The predicted molar refractivity (Wildman–Crippen MR) is 67.4 cm³/mol. The maximum absolute atomic E-state index is 13.2. The molecule has 0 fully saturated rings. The van der Waals surface area contributed by atoms with Crippen molar-refractivity contribution >= 4 is 23.1 Å². The molecule has 0 unspecified atom stereocenters. The van der Waals surface area contributed by atoms with Crippen molar-refractivity contribution in [2.45, 2.75) is 6.61 Å². The summed E-state index contributed by atoms with van der Waals surface area (Å²) in [6.45, 7) is -0.283. The van der Waals surface area contributed by atoms with Crippen LogP contribution in [0.2, 0.25) is 5.15 Å². The third kappa shape index (κ3) is 2.42. The molecule has 94 valence electrons. The van der Waals surface area contributed by atoms with Gasteiger partial charge in [-0.15, -0.1) is 0 Å². The summed E-state index contributed by atoms with van der Waals surface area (Å²) in [4.78, 5) is 9.50. The predicted octanol–water partition coefficient (Wildman–Crippen LogP) is 2.53. The summed E-state index contributed by atoms with van der Waals surface area (Å²) in [5.74, 6) is 0.105. The molecule has 4 nitrogen and oxygen atoms in total. The summed E-state index contributed by atoms with van der Waals surface area (Å²) in [7, 11) is 1.71. The third-order valence-electron chi connectivity index (χ3n) is 2.54. The monoisotopic (exact) mass is 267 g/mol. The molecule has 0 radical (unpaired) electrons. The van der Waals surface area contributed by atoms with Crippen LogP contribution in [-0.2, 0) is 6.61 Å². The van der Waals surface area contributed by atoms with Crippen molar-refractivity contribution < 1.29 is 9.50 Å². The lowest BCUT2D eigenvalue weighted by atomic mass is 10.2. The lowest BCUT2D eigenvalue weighted by molar-refractivity contribution is 0.281. The molecule has 0 saturated carbocycles. The van der Waals surface area contributed by atoms with Crippen molar-refractivity contribution in [1.82, 2.24) is 9.97 Å². The Kier molecular flexibility index (Phi) is 3.74. The molecular formula is C12H11ClFN3O. The maximum atomic E-state index is 13.2. The summed E-state index contributed by atoms with van der Waals surface area (Å²) in [6.07, 6.45) is 1.30. The molecule has 2 aromatic rings. The summed E-state index contributed by atoms with van der Waals surface area (Å²) < 4.78 is 13.2. The fraction of sp³-hybridized carbons (Fsp3) is 0.167. The van der Waals surface area contributed by atoms with Gasteiger partial charge < -0.3 is 10.0 Å². The second-order valence-electron chi connectivity index (χ2n) is 3.66. The molecule has 0 atom stereocenters. The van der Waals surface area contributed by atoms with Gasteiger partial charge in [-0.3, -0.25) is 0 Å². The van der Waals surface area contributed by atoms with Crippen LogP contribution in [-0.4, -0.2) is 22.1 Å². The minimum Gasteiger partial charge on any atom is -0.391 e. The van der Waals surface area contributed by atoms with E-state index in [0.717, 1.165) is 0 Å². The van der Waals surface area contributed by atoms with E-state index in [2.05, 4.69) is 9.97 Å². The van der Waals surface area contributed by atoms with Crippen molar-refractivity contribution in [2.24, 2.45) is 0 Å². The highest BCUT2D eigenvalue weighted by Crippen LogP contribution is 2.28. The standard InChI is InChI=1S/C12H11ClFN3O/c1-17(9-4-2-3-8(14)5-9)12-10(6-18)11(13)15-7-16-12/h2-5,7,18H,6H2,1H3. The number of nitrogens with zero attached hydrogens (tertiary/aromatic N) is 3. The zero-order chi connectivity index (χ0) is 13.1. The van der Waals surface area contributed by atoms with E-state index in [0.29, 0.717) is 17.1 Å². The minimum absolute atomic E-state index is 0.186. The van der Waals surface area contributed by atoms with Gasteiger partial charge in [0.15, 0.2) is 0 Å². The second kappa shape index (κ2) is 5.29. The summed E-state index contributed by atoms with van der Waals surface area (Å²) in [5, 5.41) is 9.47. The summed E-state index contributed by atoms with van der Waals surface area (Å²) in [6, 6.07) is 6.07. The van der Waals surface area contributed by atoms with E-state index in [1.165, 1.54) is 18.5 Å². The van der Waals surface area contributed by atoms with Crippen LogP contribution in [0.15, 0.2) is 30.6 Å². The van der Waals surface area contributed by atoms with Gasteiger partial charge >= 0.3 is 0 Å². The lowest BCUT2D eigenvalue weighted by Crippen LogP contribution is -2.14. The Morgan fingerprint density at radius 3 is 2.83 bits per heavy atom. The first-order chi connectivity index (χ1) is 8.63. The second-order valence-corrected chi connectivity index (χ2v) is 4.02. The van der Waals surface area contributed by atoms with E-state index in [1.54, 1.807) is 24.1 Å². The Labute approximate surface area is 109 Å². The third-order valence-corrected chi connectivity index (χ3v) is 2.87. The van der Waals surface area contributed by atoms with Gasteiger partial charge in [0.1, 0.15) is 23.1 Å². The number of aliphatic hydroxyl groups is 1. The highest BCUT2D eigenvalue weighted by molar-refractivity contribution is 6.30. The number of hydrogen-bond acceptors (Lipinski definition) is 4. The van der Waals surface area contributed by atoms with E-state index in [-0.39, 0.29) is 17.6 Å². The first kappa shape index (κ1) is 12.7. The SMILES string of the molecule is CN(c1cccc(F)c1)c1ncnc(Cl)c1CO. The van der Waals surface area contributed by atoms with Crippen LogP contribution in [0.1, 0.15) is 5.56 Å². The summed E-state index contributed by atoms with van der Waals surface area (Å²) in [5.41, 5.74) is 1.02. The molecule has 0 amide bonds. The zero-order valence-electron chi connectivity index (χ0n) is 9.64. The van der Waals surface area contributed by atoms with Crippen molar-refractivity contribution in [3.05, 3.63) is 47.1 Å². The van der Waals surface area contributed by atoms with Crippen LogP contribution in [0, 0.1) is 5.82 Å². The van der Waals surface area contributed by atoms with Crippen LogP contribution in [0.3, 0.4) is 0 Å². The van der Waals surface area contributed by atoms with E-state index < -0.39 is 0 Å². The maximum Gasteiger partial charge on any atom is 0.143 e. The van der Waals surface area contributed by atoms with E-state index in [9.17, 15) is 9.50 Å². The minimum atomic E-state index is -0.343. The molecule has 0 aliphatic rings. The average molecular weight is 268 g/mol. The average Bonchev–Trinajstić information content (AvgIpc) is 2.37. The van der Waals surface area contributed by atoms with Gasteiger partial charge in [0.2, 0.25) is 0 Å². The molecule has 0 saturated heterocycles. The first-order valence-electron chi connectivity index (χ1n) is 5.23. The van der Waals surface area contributed by atoms with Crippen molar-refractivity contribution in [1.29, 1.82) is 0 Å². The highest BCUT2D eigenvalue weighted by atomic mass is 35.5. The number of rotatable bonds is 3. The number of benzene rings is 1. The van der Waals surface area contributed by atoms with E-state index in [4.69, 9.17) is 11.6 Å².